The zero-order valence-corrected chi connectivity index (χ0v) is 19.1. The van der Waals surface area contributed by atoms with Crippen LogP contribution in [0.25, 0.3) is 0 Å². The molecule has 192 valence electrons. The molecule has 0 bridgehead atoms. The summed E-state index contributed by atoms with van der Waals surface area (Å²) in [7, 11) is -1.61. The summed E-state index contributed by atoms with van der Waals surface area (Å²) in [6, 6.07) is 4.47. The molecule has 0 spiro atoms. The first-order chi connectivity index (χ1) is 16.5. The van der Waals surface area contributed by atoms with Crippen LogP contribution in [0.2, 0.25) is 0 Å². The summed E-state index contributed by atoms with van der Waals surface area (Å²) in [6.45, 7) is 1.34. The average molecular weight is 501 g/mol. The van der Waals surface area contributed by atoms with Crippen LogP contribution in [0.5, 0.6) is 5.75 Å². The number of ether oxygens (including phenoxy) is 3. The molecule has 3 rings (SSSR count). The van der Waals surface area contributed by atoms with Gasteiger partial charge >= 0.3 is 25.4 Å². The second kappa shape index (κ2) is 11.7. The minimum absolute atomic E-state index is 0.00257. The summed E-state index contributed by atoms with van der Waals surface area (Å²) in [6.07, 6.45) is -4.45. The van der Waals surface area contributed by atoms with Crippen LogP contribution in [0.4, 0.5) is 18.0 Å². The molecule has 35 heavy (non-hydrogen) atoms. The smallest absolute Gasteiger partial charge is 0.534 e. The van der Waals surface area contributed by atoms with Crippen LogP contribution in [-0.4, -0.2) is 54.7 Å². The highest BCUT2D eigenvalue weighted by atomic mass is 19.4. The highest BCUT2D eigenvalue weighted by Crippen LogP contribution is 2.31. The first kappa shape index (κ1) is 26.6. The normalized spacial score (nSPS) is 19.1. The van der Waals surface area contributed by atoms with Gasteiger partial charge < -0.3 is 29.2 Å². The summed E-state index contributed by atoms with van der Waals surface area (Å²) >= 11 is 0. The fourth-order valence-electron chi connectivity index (χ4n) is 3.96. The van der Waals surface area contributed by atoms with Crippen LogP contribution in [0.1, 0.15) is 67.8 Å². The van der Waals surface area contributed by atoms with Crippen LogP contribution in [-0.2, 0) is 25.4 Å². The number of hydrogen-bond acceptors (Lipinski definition) is 8. The second-order valence-corrected chi connectivity index (χ2v) is 8.51. The van der Waals surface area contributed by atoms with Gasteiger partial charge in [-0.3, -0.25) is 4.79 Å². The van der Waals surface area contributed by atoms with Gasteiger partial charge in [-0.2, -0.15) is 13.2 Å². The maximum absolute atomic E-state index is 12.7. The zero-order valence-electron chi connectivity index (χ0n) is 19.1. The van der Waals surface area contributed by atoms with Gasteiger partial charge in [-0.1, -0.05) is 18.6 Å². The van der Waals surface area contributed by atoms with E-state index in [0.29, 0.717) is 5.56 Å². The van der Waals surface area contributed by atoms with Crippen LogP contribution < -0.4 is 9.97 Å². The molecule has 1 aliphatic carbocycles. The van der Waals surface area contributed by atoms with Crippen molar-refractivity contribution in [1.29, 1.82) is 0 Å². The predicted octanol–water partition coefficient (Wildman–Crippen LogP) is 3.46. The molecule has 0 aromatic heterocycles. The minimum atomic E-state index is -4.48. The quantitative estimate of drug-likeness (QED) is 0.331. The Kier molecular flexibility index (Phi) is 8.87. The van der Waals surface area contributed by atoms with Crippen molar-refractivity contribution in [2.45, 2.75) is 82.8 Å². The molecular weight excluding hydrogens is 474 g/mol. The third kappa shape index (κ3) is 8.05. The molecular formula is C22H27BF3NO8. The van der Waals surface area contributed by atoms with Gasteiger partial charge in [0.1, 0.15) is 17.4 Å². The number of benzene rings is 1. The van der Waals surface area contributed by atoms with E-state index in [2.05, 4.69) is 5.32 Å². The molecule has 1 aromatic rings. The van der Waals surface area contributed by atoms with E-state index in [1.54, 1.807) is 6.07 Å². The zero-order chi connectivity index (χ0) is 25.6. The monoisotopic (exact) mass is 501 g/mol. The van der Waals surface area contributed by atoms with Gasteiger partial charge in [0.15, 0.2) is 0 Å². The van der Waals surface area contributed by atoms with Crippen LogP contribution in [0, 0.1) is 0 Å². The summed E-state index contributed by atoms with van der Waals surface area (Å²) in [5, 5.41) is 12.6. The van der Waals surface area contributed by atoms with Crippen molar-refractivity contribution in [2.24, 2.45) is 0 Å². The fourth-order valence-corrected chi connectivity index (χ4v) is 3.96. The Bertz CT molecular complexity index is 922. The van der Waals surface area contributed by atoms with Gasteiger partial charge in [-0.05, 0) is 43.7 Å². The molecule has 1 aliphatic heterocycles. The summed E-state index contributed by atoms with van der Waals surface area (Å²) in [5.41, 5.74) is 0.371. The van der Waals surface area contributed by atoms with Gasteiger partial charge in [0, 0.05) is 13.3 Å². The molecule has 1 saturated carbocycles. The molecule has 2 unspecified atom stereocenters. The van der Waals surface area contributed by atoms with E-state index >= 15 is 0 Å². The lowest BCUT2D eigenvalue weighted by Gasteiger charge is -2.29. The van der Waals surface area contributed by atoms with Gasteiger partial charge in [-0.15, -0.1) is 0 Å². The van der Waals surface area contributed by atoms with Gasteiger partial charge in [0.05, 0.1) is 12.4 Å². The number of halogens is 3. The number of hydrogen-bond donors (Lipinski definition) is 2. The molecule has 2 aliphatic rings. The molecule has 1 amide bonds. The van der Waals surface area contributed by atoms with E-state index in [9.17, 15) is 32.6 Å². The van der Waals surface area contributed by atoms with Crippen molar-refractivity contribution in [3.8, 4) is 5.75 Å². The third-order valence-electron chi connectivity index (χ3n) is 5.67. The number of fused-ring (bicyclic) bond motifs is 1. The SMILES string of the molecule is CC(OC(=O)OC1CCCCC1)OC(=O)c1cccc2c1OB(O)C(NC(=O)CCC(F)(F)F)C2. The van der Waals surface area contributed by atoms with E-state index in [1.165, 1.54) is 19.1 Å². The van der Waals surface area contributed by atoms with Crippen LogP contribution >= 0.6 is 0 Å². The van der Waals surface area contributed by atoms with E-state index < -0.39 is 56.4 Å². The molecule has 13 heteroatoms. The molecule has 1 fully saturated rings. The van der Waals surface area contributed by atoms with Crippen molar-refractivity contribution in [2.75, 3.05) is 0 Å². The van der Waals surface area contributed by atoms with Crippen LogP contribution in [0.3, 0.4) is 0 Å². The Balaban J connectivity index is 1.56. The lowest BCUT2D eigenvalue weighted by molar-refractivity contribution is -0.144. The average Bonchev–Trinajstić information content (AvgIpc) is 2.77. The number of alkyl halides is 3. The van der Waals surface area contributed by atoms with E-state index in [-0.39, 0.29) is 23.8 Å². The number of para-hydroxylation sites is 1. The van der Waals surface area contributed by atoms with Gasteiger partial charge in [0.2, 0.25) is 12.2 Å². The topological polar surface area (TPSA) is 120 Å². The Morgan fingerprint density at radius 3 is 2.60 bits per heavy atom. The van der Waals surface area contributed by atoms with Crippen molar-refractivity contribution in [3.63, 3.8) is 0 Å². The van der Waals surface area contributed by atoms with E-state index in [4.69, 9.17) is 18.9 Å². The summed E-state index contributed by atoms with van der Waals surface area (Å²) in [4.78, 5) is 36.4. The second-order valence-electron chi connectivity index (χ2n) is 8.51. The predicted molar refractivity (Wildman–Crippen MR) is 115 cm³/mol. The molecule has 2 N–H and O–H groups in total. The van der Waals surface area contributed by atoms with Crippen LogP contribution in [0.15, 0.2) is 18.2 Å². The number of carbonyl (C=O) groups excluding carboxylic acids is 3. The molecule has 0 radical (unpaired) electrons. The first-order valence-corrected chi connectivity index (χ1v) is 11.4. The minimum Gasteiger partial charge on any atom is -0.534 e. The molecule has 1 aromatic carbocycles. The Hall–Kier alpha value is -2.96. The Morgan fingerprint density at radius 1 is 1.20 bits per heavy atom. The maximum atomic E-state index is 12.7. The third-order valence-corrected chi connectivity index (χ3v) is 5.67. The number of carbonyl (C=O) groups is 3. The largest absolute Gasteiger partial charge is 0.547 e. The van der Waals surface area contributed by atoms with Crippen molar-refractivity contribution in [1.82, 2.24) is 5.32 Å². The van der Waals surface area contributed by atoms with E-state index in [0.717, 1.165) is 32.1 Å². The number of nitrogens with one attached hydrogen (secondary N) is 1. The molecule has 2 atom stereocenters. The number of rotatable bonds is 7. The summed E-state index contributed by atoms with van der Waals surface area (Å²) in [5.74, 6) is -2.78. The number of amides is 1. The summed E-state index contributed by atoms with van der Waals surface area (Å²) < 4.78 is 57.7. The molecule has 1 heterocycles. The maximum Gasteiger partial charge on any atom is 0.547 e. The Labute approximate surface area is 200 Å². The van der Waals surface area contributed by atoms with Crippen molar-refractivity contribution < 1.29 is 51.4 Å². The van der Waals surface area contributed by atoms with E-state index in [1.807, 2.05) is 0 Å². The molecule has 0 saturated heterocycles. The molecule has 9 nitrogen and oxygen atoms in total. The highest BCUT2D eigenvalue weighted by Gasteiger charge is 2.38. The standard InChI is InChI=1S/C22H27BF3NO8/c1-13(33-21(30)34-15-7-3-2-4-8-15)32-20(29)16-9-5-6-14-12-17(23(31)35-19(14)16)27-18(28)10-11-22(24,25)26/h5-6,9,13,15,17,31H,2-4,7-8,10-12H2,1H3,(H,27,28). The van der Waals surface area contributed by atoms with Gasteiger partial charge in [0.25, 0.3) is 0 Å². The Morgan fingerprint density at radius 2 is 1.91 bits per heavy atom. The lowest BCUT2D eigenvalue weighted by atomic mass is 9.72. The van der Waals surface area contributed by atoms with Crippen molar-refractivity contribution in [3.05, 3.63) is 29.3 Å². The first-order valence-electron chi connectivity index (χ1n) is 11.4. The lowest BCUT2D eigenvalue weighted by Crippen LogP contribution is -2.53. The highest BCUT2D eigenvalue weighted by molar-refractivity contribution is 6.47. The van der Waals surface area contributed by atoms with Crippen molar-refractivity contribution >= 4 is 25.2 Å². The number of esters is 1. The van der Waals surface area contributed by atoms with Gasteiger partial charge in [-0.25, -0.2) is 9.59 Å². The fraction of sp³-hybridized carbons (Fsp3) is 0.591.